The lowest BCUT2D eigenvalue weighted by atomic mass is 10.1. The highest BCUT2D eigenvalue weighted by Crippen LogP contribution is 2.22. The maximum atomic E-state index is 8.80. The molecule has 116 valence electrons. The minimum absolute atomic E-state index is 0.115. The van der Waals surface area contributed by atoms with Gasteiger partial charge >= 0.3 is 0 Å². The number of rotatable bonds is 7. The molecule has 21 heavy (non-hydrogen) atoms. The molecule has 3 heteroatoms. The highest BCUT2D eigenvalue weighted by atomic mass is 16.5. The first kappa shape index (κ1) is 17.6. The fraction of sp³-hybridized carbons (Fsp3) is 0.556. The quantitative estimate of drug-likeness (QED) is 0.783. The second kappa shape index (κ2) is 9.44. The van der Waals surface area contributed by atoms with E-state index in [0.29, 0.717) is 5.92 Å². The van der Waals surface area contributed by atoms with Gasteiger partial charge in [-0.3, -0.25) is 4.90 Å². The van der Waals surface area contributed by atoms with Crippen molar-refractivity contribution in [2.24, 2.45) is 5.92 Å². The van der Waals surface area contributed by atoms with Crippen LogP contribution in [0.1, 0.15) is 38.3 Å². The van der Waals surface area contributed by atoms with E-state index in [9.17, 15) is 0 Å². The zero-order valence-electron chi connectivity index (χ0n) is 13.6. The minimum Gasteiger partial charge on any atom is -0.496 e. The van der Waals surface area contributed by atoms with Crippen LogP contribution < -0.4 is 4.74 Å². The molecular weight excluding hydrogens is 262 g/mol. The zero-order valence-corrected chi connectivity index (χ0v) is 13.6. The Hall–Kier alpha value is -1.50. The first-order valence-corrected chi connectivity index (χ1v) is 7.63. The molecule has 1 rings (SSSR count). The number of nitrogens with zero attached hydrogens (tertiary/aromatic N) is 1. The normalized spacial score (nSPS) is 11.9. The van der Waals surface area contributed by atoms with Crippen LogP contribution in [0.15, 0.2) is 18.2 Å². The molecule has 1 N–H and O–H groups in total. The molecule has 0 fully saturated rings. The van der Waals surface area contributed by atoms with E-state index in [-0.39, 0.29) is 6.61 Å². The summed E-state index contributed by atoms with van der Waals surface area (Å²) in [5.74, 6) is 7.23. The summed E-state index contributed by atoms with van der Waals surface area (Å²) in [6.45, 7) is 9.54. The van der Waals surface area contributed by atoms with E-state index in [2.05, 4.69) is 43.6 Å². The van der Waals surface area contributed by atoms with Crippen LogP contribution in [0.5, 0.6) is 5.75 Å². The van der Waals surface area contributed by atoms with Crippen molar-refractivity contribution < 1.29 is 9.84 Å². The first-order chi connectivity index (χ1) is 10.1. The number of aliphatic hydroxyl groups excluding tert-OH is 1. The maximum Gasteiger partial charge on any atom is 0.123 e. The Labute approximate surface area is 128 Å². The second-order valence-corrected chi connectivity index (χ2v) is 5.33. The molecular formula is C18H27NO2. The summed E-state index contributed by atoms with van der Waals surface area (Å²) in [6, 6.07) is 5.94. The van der Waals surface area contributed by atoms with Gasteiger partial charge in [0.25, 0.3) is 0 Å². The molecule has 0 radical (unpaired) electrons. The monoisotopic (exact) mass is 289 g/mol. The van der Waals surface area contributed by atoms with Crippen molar-refractivity contribution in [3.8, 4) is 17.6 Å². The predicted octanol–water partition coefficient (Wildman–Crippen LogP) is 2.91. The Kier molecular flexibility index (Phi) is 7.89. The summed E-state index contributed by atoms with van der Waals surface area (Å²) >= 11 is 0. The number of hydrogen-bond acceptors (Lipinski definition) is 3. The molecule has 3 nitrogen and oxygen atoms in total. The molecule has 1 aromatic carbocycles. The summed E-state index contributed by atoms with van der Waals surface area (Å²) in [5, 5.41) is 8.80. The SMILES string of the molecule is CCC(C)CN(CC)Cc1cc(C#CCO)ccc1OC. The van der Waals surface area contributed by atoms with Gasteiger partial charge in [-0.1, -0.05) is 39.0 Å². The average molecular weight is 289 g/mol. The largest absolute Gasteiger partial charge is 0.496 e. The van der Waals surface area contributed by atoms with Crippen molar-refractivity contribution in [1.82, 2.24) is 4.90 Å². The smallest absolute Gasteiger partial charge is 0.123 e. The third kappa shape index (κ3) is 5.79. The van der Waals surface area contributed by atoms with E-state index in [1.807, 2.05) is 12.1 Å². The van der Waals surface area contributed by atoms with Crippen LogP contribution in [0.4, 0.5) is 0 Å². The van der Waals surface area contributed by atoms with E-state index in [1.165, 1.54) is 6.42 Å². The van der Waals surface area contributed by atoms with Crippen molar-refractivity contribution in [3.05, 3.63) is 29.3 Å². The van der Waals surface area contributed by atoms with Crippen LogP contribution in [0.25, 0.3) is 0 Å². The molecule has 1 atom stereocenters. The third-order valence-corrected chi connectivity index (χ3v) is 3.70. The molecule has 0 aliphatic rings. The zero-order chi connectivity index (χ0) is 15.7. The molecule has 1 unspecified atom stereocenters. The predicted molar refractivity (Wildman–Crippen MR) is 87.4 cm³/mol. The van der Waals surface area contributed by atoms with Crippen LogP contribution >= 0.6 is 0 Å². The van der Waals surface area contributed by atoms with Gasteiger partial charge in [0.15, 0.2) is 0 Å². The van der Waals surface area contributed by atoms with Gasteiger partial charge in [0, 0.05) is 24.2 Å². The van der Waals surface area contributed by atoms with Crippen LogP contribution in [0.3, 0.4) is 0 Å². The second-order valence-electron chi connectivity index (χ2n) is 5.33. The molecule has 0 bridgehead atoms. The Bertz CT molecular complexity index is 488. The topological polar surface area (TPSA) is 32.7 Å². The Morgan fingerprint density at radius 1 is 1.33 bits per heavy atom. The van der Waals surface area contributed by atoms with Gasteiger partial charge in [0.2, 0.25) is 0 Å². The lowest BCUT2D eigenvalue weighted by Crippen LogP contribution is -2.28. The van der Waals surface area contributed by atoms with Gasteiger partial charge in [0.05, 0.1) is 7.11 Å². The van der Waals surface area contributed by atoms with Crippen molar-refractivity contribution >= 4 is 0 Å². The van der Waals surface area contributed by atoms with E-state index in [1.54, 1.807) is 7.11 Å². The molecule has 0 aromatic heterocycles. The number of ether oxygens (including phenoxy) is 1. The molecule has 1 aromatic rings. The van der Waals surface area contributed by atoms with E-state index < -0.39 is 0 Å². The first-order valence-electron chi connectivity index (χ1n) is 7.63. The summed E-state index contributed by atoms with van der Waals surface area (Å²) in [5.41, 5.74) is 2.06. The van der Waals surface area contributed by atoms with Gasteiger partial charge in [-0.05, 0) is 30.7 Å². The van der Waals surface area contributed by atoms with Crippen LogP contribution in [-0.4, -0.2) is 36.8 Å². The van der Waals surface area contributed by atoms with Crippen molar-refractivity contribution in [2.75, 3.05) is 26.8 Å². The molecule has 0 saturated carbocycles. The summed E-state index contributed by atoms with van der Waals surface area (Å²) < 4.78 is 5.46. The van der Waals surface area contributed by atoms with E-state index in [0.717, 1.165) is 36.5 Å². The van der Waals surface area contributed by atoms with E-state index in [4.69, 9.17) is 9.84 Å². The highest BCUT2D eigenvalue weighted by molar-refractivity contribution is 5.44. The minimum atomic E-state index is -0.115. The number of hydrogen-bond donors (Lipinski definition) is 1. The molecule has 0 amide bonds. The van der Waals surface area contributed by atoms with Crippen molar-refractivity contribution in [2.45, 2.75) is 33.7 Å². The van der Waals surface area contributed by atoms with Crippen LogP contribution in [-0.2, 0) is 6.54 Å². The lowest BCUT2D eigenvalue weighted by molar-refractivity contribution is 0.235. The Balaban J connectivity index is 2.92. The molecule has 0 heterocycles. The van der Waals surface area contributed by atoms with Crippen molar-refractivity contribution in [1.29, 1.82) is 0 Å². The standard InChI is InChI=1S/C18H27NO2/c1-5-15(3)13-19(6-2)14-17-12-16(8-7-11-20)9-10-18(17)21-4/h9-10,12,15,20H,5-6,11,13-14H2,1-4H3. The Morgan fingerprint density at radius 3 is 2.67 bits per heavy atom. The highest BCUT2D eigenvalue weighted by Gasteiger charge is 2.11. The summed E-state index contributed by atoms with van der Waals surface area (Å²) in [6.07, 6.45) is 1.19. The number of benzene rings is 1. The third-order valence-electron chi connectivity index (χ3n) is 3.70. The van der Waals surface area contributed by atoms with Crippen molar-refractivity contribution in [3.63, 3.8) is 0 Å². The summed E-state index contributed by atoms with van der Waals surface area (Å²) in [7, 11) is 1.70. The maximum absolute atomic E-state index is 8.80. The summed E-state index contributed by atoms with van der Waals surface area (Å²) in [4.78, 5) is 2.43. The lowest BCUT2D eigenvalue weighted by Gasteiger charge is -2.24. The fourth-order valence-electron chi connectivity index (χ4n) is 2.24. The molecule has 0 aliphatic heterocycles. The average Bonchev–Trinajstić information content (AvgIpc) is 2.52. The number of aliphatic hydroxyl groups is 1. The Morgan fingerprint density at radius 2 is 2.10 bits per heavy atom. The van der Waals surface area contributed by atoms with Gasteiger partial charge in [-0.25, -0.2) is 0 Å². The molecule has 0 aliphatic carbocycles. The van der Waals surface area contributed by atoms with Gasteiger partial charge in [-0.2, -0.15) is 0 Å². The molecule has 0 spiro atoms. The molecule has 0 saturated heterocycles. The van der Waals surface area contributed by atoms with Gasteiger partial charge in [0.1, 0.15) is 12.4 Å². The van der Waals surface area contributed by atoms with Crippen LogP contribution in [0, 0.1) is 17.8 Å². The van der Waals surface area contributed by atoms with Crippen LogP contribution in [0.2, 0.25) is 0 Å². The fourth-order valence-corrected chi connectivity index (χ4v) is 2.24. The van der Waals surface area contributed by atoms with Gasteiger partial charge in [-0.15, -0.1) is 0 Å². The van der Waals surface area contributed by atoms with Gasteiger partial charge < -0.3 is 9.84 Å². The number of methoxy groups -OCH3 is 1. The van der Waals surface area contributed by atoms with E-state index >= 15 is 0 Å².